The number of carbonyl (C=O) groups is 2. The Bertz CT molecular complexity index is 1010. The maximum Gasteiger partial charge on any atom is 0.331 e. The summed E-state index contributed by atoms with van der Waals surface area (Å²) < 4.78 is 43.6. The predicted octanol–water partition coefficient (Wildman–Crippen LogP) is 4.56. The molecule has 176 valence electrons. The monoisotopic (exact) mass is 459 g/mol. The van der Waals surface area contributed by atoms with E-state index in [2.05, 4.69) is 5.32 Å². The molecule has 0 aromatic heterocycles. The van der Waals surface area contributed by atoms with Gasteiger partial charge in [-0.3, -0.25) is 4.79 Å². The third-order valence-electron chi connectivity index (χ3n) is 5.53. The number of ether oxygens (including phenoxy) is 3. The number of amides is 1. The number of carbonyl (C=O) groups excluding carboxylic acids is 2. The minimum absolute atomic E-state index is 0.178. The molecule has 2 aromatic rings. The Labute approximate surface area is 191 Å². The molecule has 6 nitrogen and oxygen atoms in total. The molecule has 1 saturated carbocycles. The van der Waals surface area contributed by atoms with Crippen molar-refractivity contribution in [1.29, 1.82) is 0 Å². The van der Waals surface area contributed by atoms with Gasteiger partial charge in [0.15, 0.2) is 11.5 Å². The molecule has 33 heavy (non-hydrogen) atoms. The lowest BCUT2D eigenvalue weighted by atomic mass is 9.97. The summed E-state index contributed by atoms with van der Waals surface area (Å²) in [6, 6.07) is 8.51. The van der Waals surface area contributed by atoms with Gasteiger partial charge in [-0.2, -0.15) is 0 Å². The van der Waals surface area contributed by atoms with Crippen LogP contribution < -0.4 is 14.8 Å². The van der Waals surface area contributed by atoms with Gasteiger partial charge >= 0.3 is 5.97 Å². The third kappa shape index (κ3) is 5.88. The topological polar surface area (TPSA) is 73.9 Å². The van der Waals surface area contributed by atoms with Gasteiger partial charge in [-0.15, -0.1) is 0 Å². The van der Waals surface area contributed by atoms with E-state index < -0.39 is 29.0 Å². The molecule has 0 heterocycles. The van der Waals surface area contributed by atoms with Crippen LogP contribution in [0.3, 0.4) is 0 Å². The summed E-state index contributed by atoms with van der Waals surface area (Å²) >= 11 is 0. The molecule has 0 spiro atoms. The molecule has 0 aliphatic heterocycles. The zero-order valence-electron chi connectivity index (χ0n) is 18.7. The molecule has 0 bridgehead atoms. The van der Waals surface area contributed by atoms with Crippen LogP contribution in [0, 0.1) is 11.6 Å². The van der Waals surface area contributed by atoms with E-state index in [4.69, 9.17) is 14.2 Å². The fraction of sp³-hybridized carbons (Fsp3) is 0.360. The third-order valence-corrected chi connectivity index (χ3v) is 5.53. The van der Waals surface area contributed by atoms with E-state index in [0.29, 0.717) is 29.9 Å². The Kier molecular flexibility index (Phi) is 8.03. The summed E-state index contributed by atoms with van der Waals surface area (Å²) in [6.07, 6.45) is 5.70. The number of halogens is 2. The summed E-state index contributed by atoms with van der Waals surface area (Å²) in [7, 11) is 1.44. The maximum absolute atomic E-state index is 13.8. The van der Waals surface area contributed by atoms with E-state index >= 15 is 0 Å². The second-order valence-electron chi connectivity index (χ2n) is 7.73. The van der Waals surface area contributed by atoms with Crippen LogP contribution in [-0.2, 0) is 20.9 Å². The summed E-state index contributed by atoms with van der Waals surface area (Å²) in [5.41, 5.74) is -0.514. The Morgan fingerprint density at radius 3 is 2.42 bits per heavy atom. The number of benzene rings is 2. The number of methoxy groups -OCH3 is 1. The van der Waals surface area contributed by atoms with Crippen LogP contribution >= 0.6 is 0 Å². The SMILES string of the molecule is CCOC(=O)C1(NC(=O)/C=C/c2ccc(OCc3c(F)cccc3F)c(OC)c2)CCCC1. The van der Waals surface area contributed by atoms with Gasteiger partial charge in [0.1, 0.15) is 23.8 Å². The predicted molar refractivity (Wildman–Crippen MR) is 119 cm³/mol. The van der Waals surface area contributed by atoms with Crippen LogP contribution in [0.1, 0.15) is 43.7 Å². The summed E-state index contributed by atoms with van der Waals surface area (Å²) in [5, 5.41) is 2.81. The Hall–Kier alpha value is -3.42. The highest BCUT2D eigenvalue weighted by molar-refractivity contribution is 5.96. The molecule has 1 aliphatic carbocycles. The van der Waals surface area contributed by atoms with Crippen molar-refractivity contribution in [1.82, 2.24) is 5.32 Å². The van der Waals surface area contributed by atoms with Crippen LogP contribution in [0.5, 0.6) is 11.5 Å². The summed E-state index contributed by atoms with van der Waals surface area (Å²) in [6.45, 7) is 1.68. The standard InChI is InChI=1S/C25H27F2NO5/c1-3-32-24(30)25(13-4-5-14-25)28-23(29)12-10-17-9-11-21(22(15-17)31-2)33-16-18-19(26)7-6-8-20(18)27/h6-12,15H,3-5,13-14,16H2,1-2H3,(H,28,29)/b12-10+. The van der Waals surface area contributed by atoms with Crippen LogP contribution in [0.15, 0.2) is 42.5 Å². The van der Waals surface area contributed by atoms with Crippen molar-refractivity contribution in [3.05, 3.63) is 65.2 Å². The molecule has 0 atom stereocenters. The number of rotatable bonds is 9. The molecule has 2 aromatic carbocycles. The smallest absolute Gasteiger partial charge is 0.331 e. The van der Waals surface area contributed by atoms with Gasteiger partial charge in [-0.25, -0.2) is 13.6 Å². The first kappa shape index (κ1) is 24.2. The molecule has 0 unspecified atom stereocenters. The van der Waals surface area contributed by atoms with Crippen LogP contribution in [0.2, 0.25) is 0 Å². The fourth-order valence-electron chi connectivity index (χ4n) is 3.80. The van der Waals surface area contributed by atoms with E-state index in [1.54, 1.807) is 31.2 Å². The van der Waals surface area contributed by atoms with Gasteiger partial charge in [0.05, 0.1) is 19.3 Å². The molecule has 8 heteroatoms. The van der Waals surface area contributed by atoms with Crippen LogP contribution in [0.4, 0.5) is 8.78 Å². The van der Waals surface area contributed by atoms with Gasteiger partial charge in [0.2, 0.25) is 5.91 Å². The van der Waals surface area contributed by atoms with Crippen molar-refractivity contribution in [3.63, 3.8) is 0 Å². The molecule has 1 amide bonds. The molecule has 1 N–H and O–H groups in total. The van der Waals surface area contributed by atoms with Crippen molar-refractivity contribution in [2.75, 3.05) is 13.7 Å². The van der Waals surface area contributed by atoms with E-state index in [1.807, 2.05) is 0 Å². The Morgan fingerprint density at radius 2 is 1.79 bits per heavy atom. The number of nitrogens with one attached hydrogen (secondary N) is 1. The van der Waals surface area contributed by atoms with Crippen molar-refractivity contribution in [2.45, 2.75) is 44.8 Å². The van der Waals surface area contributed by atoms with Crippen molar-refractivity contribution >= 4 is 18.0 Å². The van der Waals surface area contributed by atoms with Gasteiger partial charge in [-0.05, 0) is 55.7 Å². The maximum atomic E-state index is 13.8. The first-order valence-corrected chi connectivity index (χ1v) is 10.8. The lowest BCUT2D eigenvalue weighted by molar-refractivity contribution is -0.152. The minimum atomic E-state index is -0.977. The highest BCUT2D eigenvalue weighted by Crippen LogP contribution is 2.32. The number of hydrogen-bond acceptors (Lipinski definition) is 5. The van der Waals surface area contributed by atoms with E-state index in [9.17, 15) is 18.4 Å². The summed E-state index contributed by atoms with van der Waals surface area (Å²) in [5.74, 6) is -1.55. The van der Waals surface area contributed by atoms with Gasteiger partial charge < -0.3 is 19.5 Å². The zero-order chi connectivity index (χ0) is 23.8. The summed E-state index contributed by atoms with van der Waals surface area (Å²) in [4.78, 5) is 24.9. The lowest BCUT2D eigenvalue weighted by Crippen LogP contribution is -2.52. The minimum Gasteiger partial charge on any atom is -0.493 e. The van der Waals surface area contributed by atoms with Crippen molar-refractivity contribution in [3.8, 4) is 11.5 Å². The lowest BCUT2D eigenvalue weighted by Gasteiger charge is -2.27. The fourth-order valence-corrected chi connectivity index (χ4v) is 3.80. The molecule has 3 rings (SSSR count). The van der Waals surface area contributed by atoms with E-state index in [0.717, 1.165) is 25.0 Å². The normalized spacial score (nSPS) is 14.8. The second-order valence-corrected chi connectivity index (χ2v) is 7.73. The molecule has 1 aliphatic rings. The average molecular weight is 459 g/mol. The molecular formula is C25H27F2NO5. The molecule has 1 fully saturated rings. The molecule has 0 saturated heterocycles. The van der Waals surface area contributed by atoms with E-state index in [-0.39, 0.29) is 18.8 Å². The van der Waals surface area contributed by atoms with Gasteiger partial charge in [0.25, 0.3) is 0 Å². The highest BCUT2D eigenvalue weighted by Gasteiger charge is 2.43. The van der Waals surface area contributed by atoms with E-state index in [1.165, 1.54) is 19.3 Å². The van der Waals surface area contributed by atoms with Crippen molar-refractivity contribution < 1.29 is 32.6 Å². The highest BCUT2D eigenvalue weighted by atomic mass is 19.1. The Morgan fingerprint density at radius 1 is 1.09 bits per heavy atom. The zero-order valence-corrected chi connectivity index (χ0v) is 18.7. The van der Waals surface area contributed by atoms with Gasteiger partial charge in [-0.1, -0.05) is 25.0 Å². The molecular weight excluding hydrogens is 432 g/mol. The molecule has 0 radical (unpaired) electrons. The van der Waals surface area contributed by atoms with Crippen LogP contribution in [0.25, 0.3) is 6.08 Å². The largest absolute Gasteiger partial charge is 0.493 e. The quantitative estimate of drug-likeness (QED) is 0.440. The second kappa shape index (κ2) is 10.9. The Balaban J connectivity index is 1.67. The van der Waals surface area contributed by atoms with Crippen LogP contribution in [-0.4, -0.2) is 31.1 Å². The van der Waals surface area contributed by atoms with Gasteiger partial charge in [0, 0.05) is 6.08 Å². The van der Waals surface area contributed by atoms with Crippen molar-refractivity contribution in [2.24, 2.45) is 0 Å². The first-order valence-electron chi connectivity index (χ1n) is 10.8. The number of esters is 1. The average Bonchev–Trinajstić information content (AvgIpc) is 3.27. The first-order chi connectivity index (χ1) is 15.9. The number of hydrogen-bond donors (Lipinski definition) is 1.